The quantitative estimate of drug-likeness (QED) is 0.305. The van der Waals surface area contributed by atoms with Crippen LogP contribution >= 0.6 is 22.9 Å². The molecule has 0 N–H and O–H groups in total. The van der Waals surface area contributed by atoms with Crippen molar-refractivity contribution in [2.24, 2.45) is 0 Å². The van der Waals surface area contributed by atoms with Gasteiger partial charge in [0.05, 0.1) is 43.7 Å². The van der Waals surface area contributed by atoms with Crippen molar-refractivity contribution in [1.29, 1.82) is 0 Å². The average Bonchev–Trinajstić information content (AvgIpc) is 3.35. The monoisotopic (exact) mass is 462 g/mol. The topological polar surface area (TPSA) is 76.6 Å². The fraction of sp³-hybridized carbons (Fsp3) is 0.0833. The van der Waals surface area contributed by atoms with Crippen LogP contribution in [0.25, 0.3) is 21.5 Å². The number of halogens is 1. The number of ether oxygens (including phenoxy) is 1. The van der Waals surface area contributed by atoms with E-state index in [4.69, 9.17) is 16.3 Å². The minimum absolute atomic E-state index is 0.0194. The number of aromatic nitrogens is 1. The predicted octanol–water partition coefficient (Wildman–Crippen LogP) is 5.07. The van der Waals surface area contributed by atoms with Crippen LogP contribution in [0.15, 0.2) is 66.7 Å². The van der Waals surface area contributed by atoms with Crippen LogP contribution in [0.4, 0.5) is 0 Å². The molecule has 32 heavy (non-hydrogen) atoms. The number of hydrogen-bond acceptors (Lipinski definition) is 6. The molecule has 2 aromatic carbocycles. The lowest BCUT2D eigenvalue weighted by Gasteiger charge is -2.14. The van der Waals surface area contributed by atoms with Crippen LogP contribution in [-0.2, 0) is 4.74 Å². The van der Waals surface area contributed by atoms with Gasteiger partial charge in [0.2, 0.25) is 0 Å². The first-order valence-corrected chi connectivity index (χ1v) is 11.0. The van der Waals surface area contributed by atoms with Crippen molar-refractivity contribution in [2.75, 3.05) is 13.2 Å². The van der Waals surface area contributed by atoms with Crippen molar-refractivity contribution in [2.45, 2.75) is 0 Å². The summed E-state index contributed by atoms with van der Waals surface area (Å²) >= 11 is 7.43. The molecular formula is C24H15ClN2O4S. The Hall–Kier alpha value is -3.55. The number of pyridine rings is 1. The van der Waals surface area contributed by atoms with Gasteiger partial charge in [0.25, 0.3) is 11.8 Å². The van der Waals surface area contributed by atoms with Crippen LogP contribution in [0, 0.1) is 0 Å². The van der Waals surface area contributed by atoms with Gasteiger partial charge < -0.3 is 4.74 Å². The summed E-state index contributed by atoms with van der Waals surface area (Å²) < 4.78 is 6.08. The van der Waals surface area contributed by atoms with E-state index in [0.717, 1.165) is 9.78 Å². The Kier molecular flexibility index (Phi) is 5.20. The molecule has 0 fully saturated rings. The van der Waals surface area contributed by atoms with Crippen LogP contribution in [0.2, 0.25) is 4.34 Å². The molecule has 1 aliphatic heterocycles. The average molecular weight is 463 g/mol. The molecule has 0 bridgehead atoms. The maximum absolute atomic E-state index is 12.9. The summed E-state index contributed by atoms with van der Waals surface area (Å²) in [6, 6.07) is 19.2. The summed E-state index contributed by atoms with van der Waals surface area (Å²) in [6.45, 7) is -0.129. The summed E-state index contributed by atoms with van der Waals surface area (Å²) in [7, 11) is 0. The maximum atomic E-state index is 12.9. The third-order valence-electron chi connectivity index (χ3n) is 5.19. The molecule has 0 saturated heterocycles. The van der Waals surface area contributed by atoms with Gasteiger partial charge in [-0.25, -0.2) is 9.78 Å². The molecule has 0 saturated carbocycles. The molecular weight excluding hydrogens is 448 g/mol. The minimum Gasteiger partial charge on any atom is -0.460 e. The van der Waals surface area contributed by atoms with Crippen LogP contribution < -0.4 is 0 Å². The van der Waals surface area contributed by atoms with E-state index in [2.05, 4.69) is 4.98 Å². The van der Waals surface area contributed by atoms with Gasteiger partial charge in [0, 0.05) is 5.39 Å². The number of carbonyl (C=O) groups excluding carboxylic acids is 3. The second-order valence-corrected chi connectivity index (χ2v) is 8.83. The van der Waals surface area contributed by atoms with Gasteiger partial charge >= 0.3 is 5.97 Å². The summed E-state index contributed by atoms with van der Waals surface area (Å²) in [4.78, 5) is 44.5. The zero-order valence-corrected chi connectivity index (χ0v) is 18.2. The normalized spacial score (nSPS) is 13.0. The Morgan fingerprint density at radius 3 is 2.34 bits per heavy atom. The van der Waals surface area contributed by atoms with Crippen molar-refractivity contribution in [3.8, 4) is 10.6 Å². The number of carbonyl (C=O) groups is 3. The fourth-order valence-electron chi connectivity index (χ4n) is 3.67. The smallest absolute Gasteiger partial charge is 0.338 e. The van der Waals surface area contributed by atoms with Gasteiger partial charge in [-0.3, -0.25) is 14.5 Å². The number of para-hydroxylation sites is 1. The third-order valence-corrected chi connectivity index (χ3v) is 6.44. The molecule has 8 heteroatoms. The van der Waals surface area contributed by atoms with Gasteiger partial charge in [-0.15, -0.1) is 11.3 Å². The molecule has 0 spiro atoms. The number of fused-ring (bicyclic) bond motifs is 2. The molecule has 1 aliphatic rings. The first-order valence-electron chi connectivity index (χ1n) is 9.81. The maximum Gasteiger partial charge on any atom is 0.338 e. The highest BCUT2D eigenvalue weighted by atomic mass is 35.5. The molecule has 3 heterocycles. The summed E-state index contributed by atoms with van der Waals surface area (Å²) in [5, 5.41) is 0.657. The van der Waals surface area contributed by atoms with E-state index in [1.165, 1.54) is 11.3 Å². The first kappa shape index (κ1) is 20.4. The van der Waals surface area contributed by atoms with Gasteiger partial charge in [-0.2, -0.15) is 0 Å². The van der Waals surface area contributed by atoms with Crippen molar-refractivity contribution in [3.63, 3.8) is 0 Å². The van der Waals surface area contributed by atoms with E-state index in [1.54, 1.807) is 42.5 Å². The lowest BCUT2D eigenvalue weighted by Crippen LogP contribution is -2.33. The molecule has 0 unspecified atom stereocenters. The number of nitrogens with zero attached hydrogens (tertiary/aromatic N) is 2. The first-order chi connectivity index (χ1) is 15.5. The number of benzene rings is 2. The second-order valence-electron chi connectivity index (χ2n) is 7.12. The van der Waals surface area contributed by atoms with Crippen LogP contribution in [0.5, 0.6) is 0 Å². The van der Waals surface area contributed by atoms with E-state index < -0.39 is 5.97 Å². The lowest BCUT2D eigenvalue weighted by molar-refractivity contribution is 0.0422. The zero-order valence-electron chi connectivity index (χ0n) is 16.6. The van der Waals surface area contributed by atoms with Crippen molar-refractivity contribution < 1.29 is 19.1 Å². The standard InChI is InChI=1S/C24H15ClN2O4S/c25-21-10-9-20(32-21)19-13-17(14-5-3-4-8-18(14)26-19)24(30)31-12-11-27-22(28)15-6-1-2-7-16(15)23(27)29/h1-10,13H,11-12H2. The van der Waals surface area contributed by atoms with Gasteiger partial charge in [0.15, 0.2) is 0 Å². The largest absolute Gasteiger partial charge is 0.460 e. The number of thiophene rings is 1. The third kappa shape index (κ3) is 3.55. The van der Waals surface area contributed by atoms with Crippen molar-refractivity contribution >= 4 is 51.6 Å². The van der Waals surface area contributed by atoms with Crippen LogP contribution in [0.3, 0.4) is 0 Å². The molecule has 2 aromatic heterocycles. The second kappa shape index (κ2) is 8.18. The van der Waals surface area contributed by atoms with Crippen molar-refractivity contribution in [1.82, 2.24) is 9.88 Å². The van der Waals surface area contributed by atoms with E-state index >= 15 is 0 Å². The zero-order chi connectivity index (χ0) is 22.2. The highest BCUT2D eigenvalue weighted by Crippen LogP contribution is 2.32. The van der Waals surface area contributed by atoms with Crippen molar-refractivity contribution in [3.05, 3.63) is 87.8 Å². The molecule has 4 aromatic rings. The Bertz CT molecular complexity index is 1360. The fourth-order valence-corrected chi connectivity index (χ4v) is 4.68. The molecule has 158 valence electrons. The highest BCUT2D eigenvalue weighted by molar-refractivity contribution is 7.19. The predicted molar refractivity (Wildman–Crippen MR) is 122 cm³/mol. The number of amides is 2. The van der Waals surface area contributed by atoms with Crippen LogP contribution in [-0.4, -0.2) is 40.8 Å². The van der Waals surface area contributed by atoms with Gasteiger partial charge in [-0.1, -0.05) is 41.9 Å². The molecule has 0 atom stereocenters. The van der Waals surface area contributed by atoms with Gasteiger partial charge in [-0.05, 0) is 36.4 Å². The number of imide groups is 1. The molecule has 2 amide bonds. The molecule has 0 radical (unpaired) electrons. The number of rotatable bonds is 5. The minimum atomic E-state index is -0.552. The van der Waals surface area contributed by atoms with E-state index in [0.29, 0.717) is 37.6 Å². The Balaban J connectivity index is 1.36. The van der Waals surface area contributed by atoms with Gasteiger partial charge in [0.1, 0.15) is 6.61 Å². The number of esters is 1. The Morgan fingerprint density at radius 2 is 1.66 bits per heavy atom. The molecule has 0 aliphatic carbocycles. The highest BCUT2D eigenvalue weighted by Gasteiger charge is 2.34. The number of hydrogen-bond donors (Lipinski definition) is 0. The van der Waals surface area contributed by atoms with E-state index in [-0.39, 0.29) is 25.0 Å². The summed E-state index contributed by atoms with van der Waals surface area (Å²) in [6.07, 6.45) is 0. The Morgan fingerprint density at radius 1 is 0.969 bits per heavy atom. The lowest BCUT2D eigenvalue weighted by atomic mass is 10.1. The van der Waals surface area contributed by atoms with E-state index in [1.807, 2.05) is 24.3 Å². The Labute approximate surface area is 192 Å². The molecule has 5 rings (SSSR count). The SMILES string of the molecule is O=C(OCCN1C(=O)c2ccccc2C1=O)c1cc(-c2ccc(Cl)s2)nc2ccccc12. The van der Waals surface area contributed by atoms with E-state index in [9.17, 15) is 14.4 Å². The summed E-state index contributed by atoms with van der Waals surface area (Å²) in [5.74, 6) is -1.31. The summed E-state index contributed by atoms with van der Waals surface area (Å²) in [5.41, 5.74) is 2.36. The molecule has 6 nitrogen and oxygen atoms in total. The van der Waals surface area contributed by atoms with Crippen LogP contribution in [0.1, 0.15) is 31.1 Å².